The molecule has 1 amide bonds. The number of amides is 1. The first-order valence-electron chi connectivity index (χ1n) is 12.8. The lowest BCUT2D eigenvalue weighted by Gasteiger charge is -2.34. The van der Waals surface area contributed by atoms with Gasteiger partial charge in [0, 0.05) is 44.7 Å². The zero-order valence-corrected chi connectivity index (χ0v) is 21.5. The first-order chi connectivity index (χ1) is 17.5. The van der Waals surface area contributed by atoms with Gasteiger partial charge in [0.25, 0.3) is 0 Å². The molecule has 0 unspecified atom stereocenters. The molecule has 1 aliphatic rings. The van der Waals surface area contributed by atoms with Gasteiger partial charge in [-0.3, -0.25) is 14.5 Å². The van der Waals surface area contributed by atoms with E-state index in [0.29, 0.717) is 32.1 Å². The van der Waals surface area contributed by atoms with Crippen LogP contribution < -0.4 is 10.2 Å². The van der Waals surface area contributed by atoms with E-state index in [0.717, 1.165) is 46.2 Å². The van der Waals surface area contributed by atoms with E-state index >= 15 is 0 Å². The summed E-state index contributed by atoms with van der Waals surface area (Å²) in [6, 6.07) is 10.6. The molecule has 36 heavy (non-hydrogen) atoms. The summed E-state index contributed by atoms with van der Waals surface area (Å²) < 4.78 is 2.07. The summed E-state index contributed by atoms with van der Waals surface area (Å²) in [5.74, 6) is 1.55. The molecule has 1 saturated heterocycles. The Morgan fingerprint density at radius 1 is 1.03 bits per heavy atom. The topological polar surface area (TPSA) is 92.1 Å². The van der Waals surface area contributed by atoms with Crippen molar-refractivity contribution < 1.29 is 4.79 Å². The molecule has 4 heterocycles. The SMILES string of the molecule is CCC(CC)n1ncc2nc(N3CCN(C(C)=O)CC3)nc(N[C@H](C)c3cnc4ccccc4c3)c21. The molecule has 0 radical (unpaired) electrons. The van der Waals surface area contributed by atoms with E-state index in [1.165, 1.54) is 0 Å². The number of aromatic nitrogens is 5. The van der Waals surface area contributed by atoms with Crippen LogP contribution in [0, 0.1) is 0 Å². The molecule has 0 spiro atoms. The van der Waals surface area contributed by atoms with Gasteiger partial charge in [0.05, 0.1) is 23.8 Å². The average molecular weight is 487 g/mol. The lowest BCUT2D eigenvalue weighted by Crippen LogP contribution is -2.48. The van der Waals surface area contributed by atoms with Gasteiger partial charge in [0.1, 0.15) is 11.0 Å². The van der Waals surface area contributed by atoms with E-state index in [4.69, 9.17) is 15.1 Å². The van der Waals surface area contributed by atoms with Gasteiger partial charge < -0.3 is 15.1 Å². The van der Waals surface area contributed by atoms with E-state index in [1.54, 1.807) is 6.92 Å². The second-order valence-electron chi connectivity index (χ2n) is 9.49. The molecule has 5 rings (SSSR count). The minimum absolute atomic E-state index is 0.0207. The summed E-state index contributed by atoms with van der Waals surface area (Å²) in [6.07, 6.45) is 5.73. The third kappa shape index (κ3) is 4.57. The number of hydrogen-bond acceptors (Lipinski definition) is 7. The van der Waals surface area contributed by atoms with Crippen molar-refractivity contribution in [2.75, 3.05) is 36.4 Å². The van der Waals surface area contributed by atoms with Crippen molar-refractivity contribution in [1.29, 1.82) is 0 Å². The highest BCUT2D eigenvalue weighted by molar-refractivity contribution is 5.87. The monoisotopic (exact) mass is 486 g/mol. The Bertz CT molecular complexity index is 1370. The Kier molecular flexibility index (Phi) is 6.71. The minimum atomic E-state index is -0.0207. The van der Waals surface area contributed by atoms with Crippen molar-refractivity contribution in [2.24, 2.45) is 0 Å². The highest BCUT2D eigenvalue weighted by atomic mass is 16.2. The number of nitrogens with zero attached hydrogens (tertiary/aromatic N) is 7. The largest absolute Gasteiger partial charge is 0.362 e. The Morgan fingerprint density at radius 3 is 2.50 bits per heavy atom. The van der Waals surface area contributed by atoms with Crippen LogP contribution in [-0.2, 0) is 4.79 Å². The Morgan fingerprint density at radius 2 is 1.78 bits per heavy atom. The van der Waals surface area contributed by atoms with Crippen molar-refractivity contribution in [3.8, 4) is 0 Å². The second-order valence-corrected chi connectivity index (χ2v) is 9.49. The molecule has 1 fully saturated rings. The zero-order chi connectivity index (χ0) is 25.2. The van der Waals surface area contributed by atoms with Crippen molar-refractivity contribution in [3.63, 3.8) is 0 Å². The lowest BCUT2D eigenvalue weighted by molar-refractivity contribution is -0.129. The number of nitrogens with one attached hydrogen (secondary N) is 1. The van der Waals surface area contributed by atoms with Crippen LogP contribution in [0.25, 0.3) is 21.9 Å². The lowest BCUT2D eigenvalue weighted by atomic mass is 10.1. The van der Waals surface area contributed by atoms with E-state index in [2.05, 4.69) is 52.8 Å². The summed E-state index contributed by atoms with van der Waals surface area (Å²) in [7, 11) is 0. The first kappa shape index (κ1) is 24.0. The van der Waals surface area contributed by atoms with Crippen LogP contribution in [0.1, 0.15) is 58.2 Å². The molecule has 9 nitrogen and oxygen atoms in total. The highest BCUT2D eigenvalue weighted by Crippen LogP contribution is 2.31. The van der Waals surface area contributed by atoms with Gasteiger partial charge in [-0.25, -0.2) is 4.98 Å². The van der Waals surface area contributed by atoms with Crippen LogP contribution in [0.5, 0.6) is 0 Å². The molecule has 0 bridgehead atoms. The van der Waals surface area contributed by atoms with Gasteiger partial charge in [0.2, 0.25) is 11.9 Å². The molecular formula is C27H34N8O. The van der Waals surface area contributed by atoms with Crippen LogP contribution in [0.3, 0.4) is 0 Å². The first-order valence-corrected chi connectivity index (χ1v) is 12.8. The summed E-state index contributed by atoms with van der Waals surface area (Å²) >= 11 is 0. The number of fused-ring (bicyclic) bond motifs is 2. The second kappa shape index (κ2) is 10.1. The number of carbonyl (C=O) groups is 1. The Hall–Kier alpha value is -3.75. The third-order valence-corrected chi connectivity index (χ3v) is 7.19. The number of benzene rings is 1. The molecule has 4 aromatic rings. The standard InChI is InChI=1S/C27H34N8O/c1-5-22(6-2)35-25-24(17-29-35)31-27(34-13-11-33(12-14-34)19(4)36)32-26(25)30-18(3)21-15-20-9-7-8-10-23(20)28-16-21/h7-10,15-18,22H,5-6,11-14H2,1-4H3,(H,30,31,32)/t18-/m1/s1. The Balaban J connectivity index is 1.52. The fourth-order valence-corrected chi connectivity index (χ4v) is 4.94. The van der Waals surface area contributed by atoms with E-state index in [-0.39, 0.29) is 18.0 Å². The van der Waals surface area contributed by atoms with Gasteiger partial charge in [-0.1, -0.05) is 32.0 Å². The molecule has 188 valence electrons. The maximum Gasteiger partial charge on any atom is 0.228 e. The predicted molar refractivity (Wildman–Crippen MR) is 143 cm³/mol. The maximum atomic E-state index is 11.8. The minimum Gasteiger partial charge on any atom is -0.362 e. The number of carbonyl (C=O) groups excluding carboxylic acids is 1. The van der Waals surface area contributed by atoms with Gasteiger partial charge in [-0.15, -0.1) is 0 Å². The summed E-state index contributed by atoms with van der Waals surface area (Å²) in [5, 5.41) is 9.50. The van der Waals surface area contributed by atoms with E-state index < -0.39 is 0 Å². The van der Waals surface area contributed by atoms with Crippen LogP contribution in [-0.4, -0.2) is 61.7 Å². The predicted octanol–water partition coefficient (Wildman–Crippen LogP) is 4.58. The third-order valence-electron chi connectivity index (χ3n) is 7.19. The van der Waals surface area contributed by atoms with Crippen molar-refractivity contribution >= 4 is 39.6 Å². The smallest absolute Gasteiger partial charge is 0.228 e. The summed E-state index contributed by atoms with van der Waals surface area (Å²) in [5.41, 5.74) is 3.82. The van der Waals surface area contributed by atoms with Crippen LogP contribution >= 0.6 is 0 Å². The van der Waals surface area contributed by atoms with Crippen molar-refractivity contribution in [1.82, 2.24) is 29.6 Å². The molecule has 9 heteroatoms. The molecular weight excluding hydrogens is 452 g/mol. The van der Waals surface area contributed by atoms with Crippen LogP contribution in [0.4, 0.5) is 11.8 Å². The number of para-hydroxylation sites is 1. The van der Waals surface area contributed by atoms with E-state index in [1.807, 2.05) is 35.5 Å². The molecule has 1 aromatic carbocycles. The average Bonchev–Trinajstić information content (AvgIpc) is 3.33. The van der Waals surface area contributed by atoms with Gasteiger partial charge in [-0.05, 0) is 37.5 Å². The molecule has 0 aliphatic carbocycles. The Labute approximate surface area is 211 Å². The number of hydrogen-bond donors (Lipinski definition) is 1. The van der Waals surface area contributed by atoms with Crippen molar-refractivity contribution in [3.05, 3.63) is 48.3 Å². The highest BCUT2D eigenvalue weighted by Gasteiger charge is 2.24. The fourth-order valence-electron chi connectivity index (χ4n) is 4.94. The van der Waals surface area contributed by atoms with Gasteiger partial charge >= 0.3 is 0 Å². The molecule has 1 aliphatic heterocycles. The quantitative estimate of drug-likeness (QED) is 0.409. The molecule has 3 aromatic heterocycles. The van der Waals surface area contributed by atoms with Crippen molar-refractivity contribution in [2.45, 2.75) is 52.6 Å². The number of piperazine rings is 1. The molecule has 1 N–H and O–H groups in total. The number of anilines is 2. The number of pyridine rings is 1. The zero-order valence-electron chi connectivity index (χ0n) is 21.5. The molecule has 1 atom stereocenters. The summed E-state index contributed by atoms with van der Waals surface area (Å²) in [6.45, 7) is 10.9. The molecule has 0 saturated carbocycles. The van der Waals surface area contributed by atoms with Gasteiger partial charge in [0.15, 0.2) is 5.82 Å². The maximum absolute atomic E-state index is 11.8. The van der Waals surface area contributed by atoms with Crippen LogP contribution in [0.2, 0.25) is 0 Å². The normalized spacial score (nSPS) is 15.1. The van der Waals surface area contributed by atoms with E-state index in [9.17, 15) is 4.79 Å². The number of rotatable bonds is 7. The summed E-state index contributed by atoms with van der Waals surface area (Å²) in [4.78, 5) is 30.4. The van der Waals surface area contributed by atoms with Gasteiger partial charge in [-0.2, -0.15) is 10.1 Å². The fraction of sp³-hybridized carbons (Fsp3) is 0.444. The van der Waals surface area contributed by atoms with Crippen LogP contribution in [0.15, 0.2) is 42.7 Å².